The second-order valence-electron chi connectivity index (χ2n) is 5.58. The van der Waals surface area contributed by atoms with E-state index in [4.69, 9.17) is 16.3 Å². The second-order valence-corrected chi connectivity index (χ2v) is 8.03. The van der Waals surface area contributed by atoms with E-state index >= 15 is 0 Å². The van der Waals surface area contributed by atoms with Gasteiger partial charge < -0.3 is 9.64 Å². The number of benzene rings is 2. The molecule has 2 aromatic rings. The third-order valence-electron chi connectivity index (χ3n) is 4.06. The van der Waals surface area contributed by atoms with Crippen LogP contribution in [0.25, 0.3) is 0 Å². The van der Waals surface area contributed by atoms with Gasteiger partial charge >= 0.3 is 0 Å². The van der Waals surface area contributed by atoms with Crippen LogP contribution in [0.2, 0.25) is 5.02 Å². The van der Waals surface area contributed by atoms with Crippen molar-refractivity contribution in [1.82, 2.24) is 4.90 Å². The number of methoxy groups -OCH3 is 1. The van der Waals surface area contributed by atoms with E-state index in [1.54, 1.807) is 29.8 Å². The maximum absolute atomic E-state index is 14.0. The normalized spacial score (nSPS) is 17.0. The van der Waals surface area contributed by atoms with E-state index in [0.29, 0.717) is 6.54 Å². The molecule has 1 heterocycles. The first kappa shape index (κ1) is 18.5. The lowest BCUT2D eigenvalue weighted by molar-refractivity contribution is -0.130. The number of ether oxygens (including phenoxy) is 1. The summed E-state index contributed by atoms with van der Waals surface area (Å²) in [6.45, 7) is 0.629. The summed E-state index contributed by atoms with van der Waals surface area (Å²) in [4.78, 5) is 14.5. The lowest BCUT2D eigenvalue weighted by atomic mass is 10.1. The fourth-order valence-electron chi connectivity index (χ4n) is 2.79. The van der Waals surface area contributed by atoms with E-state index in [1.165, 1.54) is 12.1 Å². The van der Waals surface area contributed by atoms with E-state index in [9.17, 15) is 9.18 Å². The Morgan fingerprint density at radius 2 is 2.24 bits per heavy atom. The summed E-state index contributed by atoms with van der Waals surface area (Å²) in [7, 11) is 1.61. The summed E-state index contributed by atoms with van der Waals surface area (Å²) in [6.07, 6.45) is -0.0418. The third-order valence-corrected chi connectivity index (χ3v) is 6.30. The summed E-state index contributed by atoms with van der Waals surface area (Å²) in [5, 5.41) is 0.184. The van der Waals surface area contributed by atoms with Gasteiger partial charge in [0, 0.05) is 22.9 Å². The topological polar surface area (TPSA) is 29.5 Å². The minimum Gasteiger partial charge on any atom is -0.496 e. The van der Waals surface area contributed by atoms with Gasteiger partial charge in [0.05, 0.1) is 18.0 Å². The van der Waals surface area contributed by atoms with Crippen LogP contribution < -0.4 is 4.74 Å². The van der Waals surface area contributed by atoms with Gasteiger partial charge in [-0.1, -0.05) is 23.7 Å². The quantitative estimate of drug-likeness (QED) is 0.659. The number of amides is 1. The average molecular weight is 445 g/mol. The number of hydrogen-bond acceptors (Lipinski definition) is 3. The molecule has 0 bridgehead atoms. The smallest absolute Gasteiger partial charge is 0.228 e. The van der Waals surface area contributed by atoms with Gasteiger partial charge in [-0.2, -0.15) is 0 Å². The Kier molecular flexibility index (Phi) is 5.92. The molecule has 25 heavy (non-hydrogen) atoms. The van der Waals surface area contributed by atoms with Crippen molar-refractivity contribution in [1.29, 1.82) is 0 Å². The second kappa shape index (κ2) is 7.98. The molecule has 7 heteroatoms. The number of hydrogen-bond donors (Lipinski definition) is 0. The van der Waals surface area contributed by atoms with Crippen molar-refractivity contribution in [3.63, 3.8) is 0 Å². The molecule has 0 aromatic heterocycles. The molecule has 3 rings (SSSR count). The number of halogens is 3. The molecule has 0 N–H and O–H groups in total. The zero-order valence-corrected chi connectivity index (χ0v) is 16.6. The summed E-state index contributed by atoms with van der Waals surface area (Å²) in [6, 6.07) is 10.2. The Morgan fingerprint density at radius 3 is 2.92 bits per heavy atom. The van der Waals surface area contributed by atoms with Gasteiger partial charge in [-0.15, -0.1) is 11.8 Å². The van der Waals surface area contributed by atoms with Gasteiger partial charge in [0.2, 0.25) is 5.91 Å². The largest absolute Gasteiger partial charge is 0.496 e. The van der Waals surface area contributed by atoms with Crippen molar-refractivity contribution in [2.24, 2.45) is 0 Å². The van der Waals surface area contributed by atoms with Crippen molar-refractivity contribution in [2.45, 2.75) is 11.8 Å². The Balaban J connectivity index is 1.81. The fraction of sp³-hybridized carbons (Fsp3) is 0.278. The third kappa shape index (κ3) is 3.96. The van der Waals surface area contributed by atoms with Crippen molar-refractivity contribution < 1.29 is 13.9 Å². The van der Waals surface area contributed by atoms with E-state index in [2.05, 4.69) is 15.9 Å². The highest BCUT2D eigenvalue weighted by molar-refractivity contribution is 9.10. The first-order chi connectivity index (χ1) is 12.0. The summed E-state index contributed by atoms with van der Waals surface area (Å²) in [5.41, 5.74) is 1.25. The van der Waals surface area contributed by atoms with Crippen LogP contribution in [-0.2, 0) is 11.2 Å². The zero-order chi connectivity index (χ0) is 18.0. The van der Waals surface area contributed by atoms with Crippen LogP contribution in [0.1, 0.15) is 16.5 Å². The van der Waals surface area contributed by atoms with Crippen molar-refractivity contribution >= 4 is 45.2 Å². The standard InChI is InChI=1S/C18H16BrClFNO2S/c1-24-16-6-5-11(9-13(16)19)18-22(7-8-25-18)17(23)10-12-14(20)3-2-4-15(12)21/h2-6,9,18H,7-8,10H2,1H3. The molecule has 3 nitrogen and oxygen atoms in total. The van der Waals surface area contributed by atoms with E-state index in [0.717, 1.165) is 21.5 Å². The Hall–Kier alpha value is -1.24. The van der Waals surface area contributed by atoms with Crippen LogP contribution in [0.4, 0.5) is 4.39 Å². The lowest BCUT2D eigenvalue weighted by Crippen LogP contribution is -2.32. The molecule has 1 atom stereocenters. The summed E-state index contributed by atoms with van der Waals surface area (Å²) in [5.74, 6) is 0.999. The molecule has 1 aliphatic heterocycles. The minimum absolute atomic E-state index is 0.0418. The van der Waals surface area contributed by atoms with Gasteiger partial charge in [-0.3, -0.25) is 4.79 Å². The molecular formula is C18H16BrClFNO2S. The molecule has 2 aromatic carbocycles. The highest BCUT2D eigenvalue weighted by atomic mass is 79.9. The van der Waals surface area contributed by atoms with Crippen LogP contribution in [0.15, 0.2) is 40.9 Å². The fourth-order valence-corrected chi connectivity index (χ4v) is 4.85. The predicted octanol–water partition coefficient (Wildman–Crippen LogP) is 5.07. The number of rotatable bonds is 4. The van der Waals surface area contributed by atoms with Crippen LogP contribution in [-0.4, -0.2) is 30.2 Å². The molecule has 0 spiro atoms. The maximum atomic E-state index is 14.0. The van der Waals surface area contributed by atoms with E-state index in [-0.39, 0.29) is 28.3 Å². The SMILES string of the molecule is COc1ccc(C2SCCN2C(=O)Cc2c(F)cccc2Cl)cc1Br. The van der Waals surface area contributed by atoms with Crippen LogP contribution in [0.3, 0.4) is 0 Å². The first-order valence-electron chi connectivity index (χ1n) is 7.68. The molecule has 1 unspecified atom stereocenters. The van der Waals surface area contributed by atoms with Crippen LogP contribution in [0.5, 0.6) is 5.75 Å². The van der Waals surface area contributed by atoms with Gasteiger partial charge in [0.15, 0.2) is 0 Å². The van der Waals surface area contributed by atoms with E-state index in [1.807, 2.05) is 18.2 Å². The Morgan fingerprint density at radius 1 is 1.44 bits per heavy atom. The molecule has 1 aliphatic rings. The first-order valence-corrected chi connectivity index (χ1v) is 9.90. The minimum atomic E-state index is -0.448. The van der Waals surface area contributed by atoms with Gasteiger partial charge in [-0.25, -0.2) is 4.39 Å². The number of carbonyl (C=O) groups excluding carboxylic acids is 1. The predicted molar refractivity (Wildman–Crippen MR) is 103 cm³/mol. The molecule has 1 fully saturated rings. The Bertz CT molecular complexity index is 784. The zero-order valence-electron chi connectivity index (χ0n) is 13.5. The highest BCUT2D eigenvalue weighted by Crippen LogP contribution is 2.40. The molecule has 0 saturated carbocycles. The van der Waals surface area contributed by atoms with Crippen LogP contribution in [0, 0.1) is 5.82 Å². The Labute approximate surface area is 163 Å². The molecule has 132 valence electrons. The molecular weight excluding hydrogens is 429 g/mol. The molecule has 0 radical (unpaired) electrons. The van der Waals surface area contributed by atoms with Crippen molar-refractivity contribution in [3.05, 3.63) is 62.8 Å². The summed E-state index contributed by atoms with van der Waals surface area (Å²) >= 11 is 11.2. The highest BCUT2D eigenvalue weighted by Gasteiger charge is 2.31. The monoisotopic (exact) mass is 443 g/mol. The molecule has 1 amide bonds. The van der Waals surface area contributed by atoms with E-state index < -0.39 is 5.82 Å². The number of thioether (sulfide) groups is 1. The maximum Gasteiger partial charge on any atom is 0.228 e. The van der Waals surface area contributed by atoms with Crippen molar-refractivity contribution in [3.8, 4) is 5.75 Å². The summed E-state index contributed by atoms with van der Waals surface area (Å²) < 4.78 is 20.1. The number of carbonyl (C=O) groups is 1. The molecule has 1 saturated heterocycles. The molecule has 0 aliphatic carbocycles. The van der Waals surface area contributed by atoms with Gasteiger partial charge in [0.25, 0.3) is 0 Å². The average Bonchev–Trinajstić information content (AvgIpc) is 3.08. The number of nitrogens with zero attached hydrogens (tertiary/aromatic N) is 1. The van der Waals surface area contributed by atoms with Gasteiger partial charge in [0.1, 0.15) is 16.9 Å². The van der Waals surface area contributed by atoms with Crippen LogP contribution >= 0.6 is 39.3 Å². The van der Waals surface area contributed by atoms with Crippen molar-refractivity contribution in [2.75, 3.05) is 19.4 Å². The lowest BCUT2D eigenvalue weighted by Gasteiger charge is -2.25. The van der Waals surface area contributed by atoms with Gasteiger partial charge in [-0.05, 0) is 45.8 Å².